The minimum atomic E-state index is -0.974. The van der Waals surface area contributed by atoms with Crippen LogP contribution in [0.1, 0.15) is 40.0 Å². The molecule has 1 heterocycles. The van der Waals surface area contributed by atoms with Crippen LogP contribution in [0.3, 0.4) is 0 Å². The normalized spacial score (nSPS) is 23.7. The van der Waals surface area contributed by atoms with Crippen molar-refractivity contribution in [1.82, 2.24) is 5.32 Å². The van der Waals surface area contributed by atoms with Gasteiger partial charge in [-0.1, -0.05) is 20.8 Å². The van der Waals surface area contributed by atoms with Crippen molar-refractivity contribution < 1.29 is 14.6 Å². The zero-order chi connectivity index (χ0) is 14.5. The van der Waals surface area contributed by atoms with Crippen LogP contribution in [0.2, 0.25) is 0 Å². The third kappa shape index (κ3) is 5.37. The number of hydrogen-bond donors (Lipinski definition) is 3. The minimum Gasteiger partial charge on any atom is -0.465 e. The van der Waals surface area contributed by atoms with Gasteiger partial charge in [-0.25, -0.2) is 4.79 Å². The average molecular weight is 272 g/mol. The predicted octanol–water partition coefficient (Wildman–Crippen LogP) is 2.06. The Balaban J connectivity index is 2.68. The summed E-state index contributed by atoms with van der Waals surface area (Å²) in [6, 6.07) is -0.128. The summed E-state index contributed by atoms with van der Waals surface area (Å²) in [5.41, 5.74) is 5.75. The molecule has 1 aliphatic heterocycles. The Morgan fingerprint density at radius 3 is 2.63 bits per heavy atom. The molecule has 0 saturated carbocycles. The zero-order valence-electron chi connectivity index (χ0n) is 12.3. The van der Waals surface area contributed by atoms with Crippen molar-refractivity contribution in [2.75, 3.05) is 19.8 Å². The smallest absolute Gasteiger partial charge is 0.404 e. The van der Waals surface area contributed by atoms with Gasteiger partial charge in [0.1, 0.15) is 0 Å². The molecule has 5 nitrogen and oxygen atoms in total. The molecule has 1 rings (SSSR count). The Morgan fingerprint density at radius 2 is 2.21 bits per heavy atom. The Morgan fingerprint density at radius 1 is 1.53 bits per heavy atom. The van der Waals surface area contributed by atoms with E-state index in [0.717, 1.165) is 32.5 Å². The molecule has 0 aromatic carbocycles. The van der Waals surface area contributed by atoms with Crippen molar-refractivity contribution in [1.29, 1.82) is 0 Å². The number of hydrogen-bond acceptors (Lipinski definition) is 3. The molecule has 112 valence electrons. The maximum atomic E-state index is 11.0. The number of carbonyl (C=O) groups is 1. The highest BCUT2D eigenvalue weighted by molar-refractivity contribution is 5.65. The molecule has 1 unspecified atom stereocenters. The maximum Gasteiger partial charge on any atom is 0.404 e. The van der Waals surface area contributed by atoms with Crippen molar-refractivity contribution in [3.05, 3.63) is 0 Å². The van der Waals surface area contributed by atoms with Crippen molar-refractivity contribution in [2.45, 2.75) is 46.1 Å². The average Bonchev–Trinajstić information content (AvgIpc) is 2.33. The summed E-state index contributed by atoms with van der Waals surface area (Å²) in [6.45, 7) is 8.27. The Labute approximate surface area is 115 Å². The van der Waals surface area contributed by atoms with E-state index in [1.807, 2.05) is 20.8 Å². The van der Waals surface area contributed by atoms with Crippen LogP contribution in [0.4, 0.5) is 4.79 Å². The fourth-order valence-corrected chi connectivity index (χ4v) is 2.96. The van der Waals surface area contributed by atoms with Gasteiger partial charge in [-0.3, -0.25) is 0 Å². The maximum absolute atomic E-state index is 11.0. The lowest BCUT2D eigenvalue weighted by Gasteiger charge is -2.38. The van der Waals surface area contributed by atoms with Crippen molar-refractivity contribution in [3.63, 3.8) is 0 Å². The fraction of sp³-hybridized carbons (Fsp3) is 0.929. The summed E-state index contributed by atoms with van der Waals surface area (Å²) in [5, 5.41) is 11.7. The highest BCUT2D eigenvalue weighted by Crippen LogP contribution is 2.31. The van der Waals surface area contributed by atoms with Gasteiger partial charge in [-0.15, -0.1) is 0 Å². The molecule has 4 N–H and O–H groups in total. The molecule has 0 aromatic rings. The van der Waals surface area contributed by atoms with Gasteiger partial charge in [0.25, 0.3) is 0 Å². The van der Waals surface area contributed by atoms with Gasteiger partial charge in [-0.2, -0.15) is 0 Å². The van der Waals surface area contributed by atoms with E-state index in [1.165, 1.54) is 0 Å². The van der Waals surface area contributed by atoms with E-state index in [2.05, 4.69) is 5.32 Å². The van der Waals surface area contributed by atoms with E-state index in [0.29, 0.717) is 12.5 Å². The van der Waals surface area contributed by atoms with Crippen LogP contribution in [0, 0.1) is 17.3 Å². The second-order valence-corrected chi connectivity index (χ2v) is 6.61. The van der Waals surface area contributed by atoms with E-state index >= 15 is 0 Å². The molecule has 19 heavy (non-hydrogen) atoms. The number of nitrogens with two attached hydrogens (primary N) is 1. The monoisotopic (exact) mass is 272 g/mol. The number of carboxylic acid groups (broad SMARTS) is 1. The molecule has 0 radical (unpaired) electrons. The largest absolute Gasteiger partial charge is 0.465 e. The molecular formula is C14H28N2O3. The molecule has 0 bridgehead atoms. The van der Waals surface area contributed by atoms with Crippen LogP contribution in [-0.4, -0.2) is 37.0 Å². The van der Waals surface area contributed by atoms with Gasteiger partial charge in [0.05, 0.1) is 0 Å². The fourth-order valence-electron chi connectivity index (χ4n) is 2.96. The molecule has 0 aliphatic carbocycles. The molecule has 0 aromatic heterocycles. The minimum absolute atomic E-state index is 0.128. The standard InChI is InChI=1S/C14H28N2O3/c1-14(2,3)12(16-13(17)18)11(8-15)7-10-5-4-6-19-9-10/h10-12,16H,4-9,15H2,1-3H3,(H,17,18)/t10-,11-,12?/m1/s1. The Bertz CT molecular complexity index is 283. The number of rotatable bonds is 5. The van der Waals surface area contributed by atoms with Crippen molar-refractivity contribution in [3.8, 4) is 0 Å². The van der Waals surface area contributed by atoms with E-state index < -0.39 is 6.09 Å². The lowest BCUT2D eigenvalue weighted by Crippen LogP contribution is -2.51. The first-order valence-corrected chi connectivity index (χ1v) is 7.12. The number of ether oxygens (including phenoxy) is 1. The highest BCUT2D eigenvalue weighted by atomic mass is 16.5. The highest BCUT2D eigenvalue weighted by Gasteiger charge is 2.34. The van der Waals surface area contributed by atoms with E-state index in [9.17, 15) is 4.79 Å². The molecule has 1 fully saturated rings. The summed E-state index contributed by atoms with van der Waals surface area (Å²) < 4.78 is 5.50. The van der Waals surface area contributed by atoms with Crippen LogP contribution in [-0.2, 0) is 4.74 Å². The van der Waals surface area contributed by atoms with Gasteiger partial charge in [0.2, 0.25) is 0 Å². The summed E-state index contributed by atoms with van der Waals surface area (Å²) in [6.07, 6.45) is 2.20. The van der Waals surface area contributed by atoms with Crippen LogP contribution in [0.25, 0.3) is 0 Å². The molecular weight excluding hydrogens is 244 g/mol. The first kappa shape index (κ1) is 16.2. The van der Waals surface area contributed by atoms with Crippen molar-refractivity contribution >= 4 is 6.09 Å². The van der Waals surface area contributed by atoms with Crippen molar-refractivity contribution in [2.24, 2.45) is 23.0 Å². The number of amides is 1. The molecule has 3 atom stereocenters. The number of nitrogens with one attached hydrogen (secondary N) is 1. The Kier molecular flexibility index (Phi) is 6.07. The Hall–Kier alpha value is -0.810. The SMILES string of the molecule is CC(C)(C)C(NC(=O)O)[C@@H](CN)C[C@H]1CCCOC1. The van der Waals surface area contributed by atoms with Gasteiger partial charge in [-0.05, 0) is 43.1 Å². The lowest BCUT2D eigenvalue weighted by molar-refractivity contribution is 0.0381. The van der Waals surface area contributed by atoms with Gasteiger partial charge >= 0.3 is 6.09 Å². The van der Waals surface area contributed by atoms with Gasteiger partial charge in [0, 0.05) is 19.3 Å². The van der Waals surface area contributed by atoms with Gasteiger partial charge in [0.15, 0.2) is 0 Å². The van der Waals surface area contributed by atoms with Crippen LogP contribution in [0.15, 0.2) is 0 Å². The van der Waals surface area contributed by atoms with Crippen LogP contribution >= 0.6 is 0 Å². The van der Waals surface area contributed by atoms with E-state index in [-0.39, 0.29) is 17.4 Å². The molecule has 5 heteroatoms. The summed E-state index contributed by atoms with van der Waals surface area (Å²) >= 11 is 0. The molecule has 0 spiro atoms. The van der Waals surface area contributed by atoms with Crippen LogP contribution in [0.5, 0.6) is 0 Å². The second kappa shape index (κ2) is 7.10. The van der Waals surface area contributed by atoms with Gasteiger partial charge < -0.3 is 20.9 Å². The lowest BCUT2D eigenvalue weighted by atomic mass is 9.75. The summed E-state index contributed by atoms with van der Waals surface area (Å²) in [5.74, 6) is 0.658. The second-order valence-electron chi connectivity index (χ2n) is 6.61. The first-order valence-electron chi connectivity index (χ1n) is 7.12. The third-order valence-corrected chi connectivity index (χ3v) is 3.88. The summed E-state index contributed by atoms with van der Waals surface area (Å²) in [4.78, 5) is 11.0. The molecule has 1 saturated heterocycles. The first-order chi connectivity index (χ1) is 8.84. The summed E-state index contributed by atoms with van der Waals surface area (Å²) in [7, 11) is 0. The van der Waals surface area contributed by atoms with E-state index in [1.54, 1.807) is 0 Å². The predicted molar refractivity (Wildman–Crippen MR) is 75.1 cm³/mol. The third-order valence-electron chi connectivity index (χ3n) is 3.88. The van der Waals surface area contributed by atoms with E-state index in [4.69, 9.17) is 15.6 Å². The molecule has 1 amide bonds. The molecule has 1 aliphatic rings. The zero-order valence-corrected chi connectivity index (χ0v) is 12.3. The topological polar surface area (TPSA) is 84.6 Å². The quantitative estimate of drug-likeness (QED) is 0.715. The van der Waals surface area contributed by atoms with Crippen LogP contribution < -0.4 is 11.1 Å².